The number of aromatic carboxylic acids is 4. The van der Waals surface area contributed by atoms with Crippen LogP contribution in [0.2, 0.25) is 0 Å². The van der Waals surface area contributed by atoms with E-state index in [0.29, 0.717) is 35.7 Å². The Kier molecular flexibility index (Phi) is 24.5. The number of thioether (sulfide) groups is 2. The zero-order valence-corrected chi connectivity index (χ0v) is 75.4. The molecule has 4 aromatic heterocycles. The minimum Gasteiger partial charge on any atom is -0.478 e. The van der Waals surface area contributed by atoms with E-state index in [-0.39, 0.29) is 78.8 Å². The van der Waals surface area contributed by atoms with Crippen LogP contribution in [0.25, 0.3) is 44.1 Å². The second-order valence-corrected chi connectivity index (χ2v) is 40.1. The largest absolute Gasteiger partial charge is 0.478 e. The Morgan fingerprint density at radius 2 is 0.652 bits per heavy atom. The first-order valence-electron chi connectivity index (χ1n) is 38.4. The molecule has 0 spiro atoms. The number of benzene rings is 10. The highest BCUT2D eigenvalue weighted by Crippen LogP contribution is 2.49. The molecule has 16 rings (SSSR count). The average Bonchev–Trinajstić information content (AvgIpc) is 0.707. The molecule has 138 heavy (non-hydrogen) atoms. The van der Waals surface area contributed by atoms with Gasteiger partial charge in [0.1, 0.15) is 31.1 Å². The first-order valence-corrected chi connectivity index (χ1v) is 49.0. The van der Waals surface area contributed by atoms with Gasteiger partial charge in [-0.3, -0.25) is 56.1 Å². The third-order valence-corrected chi connectivity index (χ3v) is 28.2. The van der Waals surface area contributed by atoms with E-state index >= 15 is 9.59 Å². The highest BCUT2D eigenvalue weighted by Gasteiger charge is 2.40. The summed E-state index contributed by atoms with van der Waals surface area (Å²) in [7, 11) is -30.5. The van der Waals surface area contributed by atoms with E-state index in [9.17, 15) is 137 Å². The van der Waals surface area contributed by atoms with Gasteiger partial charge >= 0.3 is 35.9 Å². The van der Waals surface area contributed by atoms with Crippen molar-refractivity contribution in [3.8, 4) is 45.8 Å². The number of aryl methyl sites for hydroxylation is 2. The normalized spacial score (nSPS) is 12.5. The van der Waals surface area contributed by atoms with Gasteiger partial charge < -0.3 is 60.3 Å². The van der Waals surface area contributed by atoms with Crippen LogP contribution in [0.15, 0.2) is 231 Å². The van der Waals surface area contributed by atoms with Crippen LogP contribution >= 0.6 is 23.5 Å². The van der Waals surface area contributed by atoms with E-state index in [4.69, 9.17) is 9.47 Å². The number of ketones is 4. The molecule has 702 valence electrons. The Hall–Kier alpha value is -15.8. The lowest BCUT2D eigenvalue weighted by molar-refractivity contribution is 0.0675. The molecular formula is C84H54N12O34S8. The van der Waals surface area contributed by atoms with Crippen molar-refractivity contribution in [1.82, 2.24) is 39.0 Å². The van der Waals surface area contributed by atoms with Crippen LogP contribution in [0.1, 0.15) is 105 Å². The summed E-state index contributed by atoms with van der Waals surface area (Å²) in [5.41, 5.74) is -13.1. The number of carboxylic acid groups (broad SMARTS) is 4. The minimum atomic E-state index is -5.76. The zero-order chi connectivity index (χ0) is 99.5. The first kappa shape index (κ1) is 95.3. The monoisotopic (exact) mass is 2030 g/mol. The van der Waals surface area contributed by atoms with Gasteiger partial charge in [0.05, 0.1) is 99.5 Å². The van der Waals surface area contributed by atoms with Crippen LogP contribution in [0, 0.1) is 0 Å². The summed E-state index contributed by atoms with van der Waals surface area (Å²) < 4.78 is 235. The summed E-state index contributed by atoms with van der Waals surface area (Å²) in [6.45, 7) is 0. The molecule has 4 heterocycles. The molecule has 0 fully saturated rings. The molecule has 0 aliphatic heterocycles. The number of hydrogen-bond donors (Lipinski definition) is 14. The Bertz CT molecular complexity index is 8240. The molecule has 10 aromatic carbocycles. The van der Waals surface area contributed by atoms with Crippen molar-refractivity contribution < 1.29 is 146 Å². The van der Waals surface area contributed by atoms with Gasteiger partial charge in [-0.15, -0.1) is 0 Å². The minimum absolute atomic E-state index is 0.0156. The van der Waals surface area contributed by atoms with Gasteiger partial charge in [0.15, 0.2) is 33.4 Å². The molecule has 2 aliphatic carbocycles. The summed E-state index contributed by atoms with van der Waals surface area (Å²) in [6.07, 6.45) is 0. The molecule has 0 bridgehead atoms. The SMILES string of the molecule is Cn1c(=O)c(C(=O)c2cccc(S(=O)(=O)O)c2)c2c3c(c(Nc4cc(Nc5nc(Oc6cc(C(=O)O)cc(C(=O)O)c6)nc(SCCSc6nc(Nc7cc(Nc8ccc9c%10c8C(=O)c8ccccc8-c%10c(C(=O)c8cccc(S(=O)(=O)O)c8)c(=O)n9C)c(S(=O)(=O)O)cc7S(=O)(=O)O)nc(Oc7cc(C(=O)O)cc(C(=O)O)c7)n6)n5)c(S(=O)(=O)O)cc4S(=O)(=O)O)ccc31)C(=O)c1ccccc1-2. The molecule has 0 saturated carbocycles. The van der Waals surface area contributed by atoms with Crippen LogP contribution in [0.4, 0.5) is 46.0 Å². The van der Waals surface area contributed by atoms with Crippen LogP contribution in [0.5, 0.6) is 23.5 Å². The first-order chi connectivity index (χ1) is 64.8. The molecule has 46 nitrogen and oxygen atoms in total. The molecule has 14 aromatic rings. The van der Waals surface area contributed by atoms with Gasteiger partial charge in [-0.1, -0.05) is 96.3 Å². The molecule has 14 N–H and O–H groups in total. The Labute approximate surface area is 780 Å². The lowest BCUT2D eigenvalue weighted by atomic mass is 9.80. The third-order valence-electron chi connectivity index (χ3n) is 21.0. The number of pyridine rings is 2. The van der Waals surface area contributed by atoms with E-state index in [0.717, 1.165) is 106 Å². The van der Waals surface area contributed by atoms with Crippen molar-refractivity contribution in [2.45, 2.75) is 39.7 Å². The molecule has 0 radical (unpaired) electrons. The highest BCUT2D eigenvalue weighted by molar-refractivity contribution is 8.02. The van der Waals surface area contributed by atoms with Crippen LogP contribution < -0.4 is 41.9 Å². The summed E-state index contributed by atoms with van der Waals surface area (Å²) in [6, 6.07) is 28.3. The second kappa shape index (κ2) is 35.4. The van der Waals surface area contributed by atoms with Crippen molar-refractivity contribution in [2.24, 2.45) is 14.1 Å². The van der Waals surface area contributed by atoms with Gasteiger partial charge in [-0.25, -0.2) is 19.2 Å². The summed E-state index contributed by atoms with van der Waals surface area (Å²) in [4.78, 5) is 157. The lowest BCUT2D eigenvalue weighted by Gasteiger charge is -2.26. The van der Waals surface area contributed by atoms with E-state index in [1.807, 2.05) is 0 Å². The molecule has 0 saturated heterocycles. The van der Waals surface area contributed by atoms with Gasteiger partial charge in [0.25, 0.3) is 71.8 Å². The predicted molar refractivity (Wildman–Crippen MR) is 483 cm³/mol. The number of rotatable bonds is 31. The zero-order valence-electron chi connectivity index (χ0n) is 68.8. The molecule has 0 unspecified atom stereocenters. The maximum atomic E-state index is 15.1. The molecule has 0 atom stereocenters. The number of carbonyl (C=O) groups excluding carboxylic acids is 4. The van der Waals surface area contributed by atoms with Gasteiger partial charge in [0, 0.05) is 69.8 Å². The predicted octanol–water partition coefficient (Wildman–Crippen LogP) is 10.4. The fourth-order valence-electron chi connectivity index (χ4n) is 15.1. The molecule has 54 heteroatoms. The summed E-state index contributed by atoms with van der Waals surface area (Å²) in [5.74, 6) is -14.3. The number of carbonyl (C=O) groups is 8. The number of ether oxygens (including phenoxy) is 2. The number of carboxylic acids is 4. The highest BCUT2D eigenvalue weighted by atomic mass is 32.2. The van der Waals surface area contributed by atoms with Gasteiger partial charge in [-0.05, 0) is 120 Å². The number of nitrogens with one attached hydrogen (secondary N) is 4. The summed E-state index contributed by atoms with van der Waals surface area (Å²) in [5, 5.41) is 49.0. The van der Waals surface area contributed by atoms with Crippen molar-refractivity contribution in [2.75, 3.05) is 32.8 Å². The maximum absolute atomic E-state index is 15.1. The smallest absolute Gasteiger partial charge is 0.335 e. The van der Waals surface area contributed by atoms with E-state index < -0.39 is 284 Å². The van der Waals surface area contributed by atoms with Crippen molar-refractivity contribution in [3.63, 3.8) is 0 Å². The molecule has 0 amide bonds. The second-order valence-electron chi connectivity index (χ2n) is 29.6. The van der Waals surface area contributed by atoms with E-state index in [1.165, 1.54) is 74.8 Å². The van der Waals surface area contributed by atoms with Crippen molar-refractivity contribution in [1.29, 1.82) is 0 Å². The fraction of sp³-hybridized carbons (Fsp3) is 0.0476. The topological polar surface area (TPSA) is 732 Å². The number of anilines is 8. The quantitative estimate of drug-likeness (QED) is 0.00831. The fourth-order valence-corrected chi connectivity index (χ4v) is 20.5. The van der Waals surface area contributed by atoms with Crippen LogP contribution in [0.3, 0.4) is 0 Å². The van der Waals surface area contributed by atoms with Gasteiger partial charge in [-0.2, -0.15) is 80.4 Å². The molecular weight excluding hydrogens is 1980 g/mol. The third kappa shape index (κ3) is 18.6. The van der Waals surface area contributed by atoms with Crippen molar-refractivity contribution >= 4 is 199 Å². The Morgan fingerprint density at radius 1 is 0.333 bits per heavy atom. The van der Waals surface area contributed by atoms with Crippen LogP contribution in [-0.2, 0) is 74.8 Å². The number of nitrogens with zero attached hydrogens (tertiary/aromatic N) is 8. The summed E-state index contributed by atoms with van der Waals surface area (Å²) >= 11 is 1.22. The number of fused-ring (bicyclic) bond motifs is 4. The Morgan fingerprint density at radius 3 is 0.964 bits per heavy atom. The standard InChI is InChI=1S/C84H54N12O34S8/c1-95-55-19-17-49(63-65(55)61(45-13-3-5-15-47(45)71(63)99)67(73(95)101)69(97)35-9-7-11-43(29-35)133(111,112)113)85-51-31-53(59(137(123,124)125)33-57(51)135(117,118)119)87-79-89-81(129-41-25-37(75(103)104)23-38(26-41)76(105)106)93-83(91-79)131-21-22-132-84-92-80(90-82(94-84)130-42-27-39(77(107)108)24-40(28-42)78(109)110)88-54-32-52(58(136(120,121)122)34-60(54)138(126,127)128)86-50-18-20-56-66-62(46-14-4-6-16-48(46)72(100)64(50)66)68(74(102)96(56)2)70(98)36-10-8-12-44(30-36)134(114,115)116/h3-20,23-34,85-86H,21-22H2,1-2H3,(H,103,104)(H,105,106)(H,107,108)(H,109,110)(H,111,112,113)(H,114,115,116)(H,117,118,119)(H,120,121,122)(H,123,124,125)(H,126,127,128)(H,87,89,91,93)(H,88,90,92,94). The number of hydrogen-bond acceptors (Lipinski definition) is 36. The van der Waals surface area contributed by atoms with E-state index in [2.05, 4.69) is 51.2 Å². The lowest BCUT2D eigenvalue weighted by Crippen LogP contribution is -2.29. The van der Waals surface area contributed by atoms with Crippen molar-refractivity contribution in [3.05, 3.63) is 269 Å². The van der Waals surface area contributed by atoms with E-state index in [1.54, 1.807) is 0 Å². The van der Waals surface area contributed by atoms with Crippen LogP contribution in [-0.4, -0.2) is 196 Å². The maximum Gasteiger partial charge on any atom is 0.335 e. The molecule has 2 aliphatic rings. The Balaban J connectivity index is 0.781. The number of aromatic nitrogens is 8. The average molecular weight is 2030 g/mol. The van der Waals surface area contributed by atoms with Gasteiger partial charge in [0.2, 0.25) is 11.9 Å².